The fraction of sp³-hybridized carbons (Fsp3) is 0.500. The summed E-state index contributed by atoms with van der Waals surface area (Å²) >= 11 is 1.64. The zero-order valence-electron chi connectivity index (χ0n) is 16.2. The van der Waals surface area contributed by atoms with Gasteiger partial charge in [0.2, 0.25) is 0 Å². The number of benzene rings is 1. The standard InChI is InChI=1S/C20H24F3N3OS/c1-19(2,3)18-24-14(13-28-18)12-25-8-10-26(11-9-25)17(27)15-6-4-5-7-16(15)20(21,22)23/h4-7,13H,8-12H2,1-3H3. The lowest BCUT2D eigenvalue weighted by Crippen LogP contribution is -2.48. The SMILES string of the molecule is CC(C)(C)c1nc(CN2CCN(C(=O)c3ccccc3C(F)(F)F)CC2)cs1. The van der Waals surface area contributed by atoms with Gasteiger partial charge >= 0.3 is 6.18 Å². The van der Waals surface area contributed by atoms with E-state index in [4.69, 9.17) is 0 Å². The van der Waals surface area contributed by atoms with Gasteiger partial charge in [-0.15, -0.1) is 11.3 Å². The molecule has 4 nitrogen and oxygen atoms in total. The van der Waals surface area contributed by atoms with Gasteiger partial charge in [0.1, 0.15) is 0 Å². The number of carbonyl (C=O) groups excluding carboxylic acids is 1. The highest BCUT2D eigenvalue weighted by molar-refractivity contribution is 7.09. The van der Waals surface area contributed by atoms with Crippen molar-refractivity contribution in [2.75, 3.05) is 26.2 Å². The van der Waals surface area contributed by atoms with Crippen LogP contribution in [0.15, 0.2) is 29.6 Å². The second-order valence-electron chi connectivity index (χ2n) is 8.01. The number of aromatic nitrogens is 1. The van der Waals surface area contributed by atoms with Gasteiger partial charge in [-0.25, -0.2) is 4.98 Å². The van der Waals surface area contributed by atoms with Crippen molar-refractivity contribution in [2.24, 2.45) is 0 Å². The lowest BCUT2D eigenvalue weighted by molar-refractivity contribution is -0.138. The van der Waals surface area contributed by atoms with E-state index in [0.717, 1.165) is 16.8 Å². The highest BCUT2D eigenvalue weighted by Gasteiger charge is 2.36. The van der Waals surface area contributed by atoms with Crippen LogP contribution in [0.3, 0.4) is 0 Å². The largest absolute Gasteiger partial charge is 0.417 e. The van der Waals surface area contributed by atoms with Gasteiger partial charge in [0.05, 0.1) is 21.8 Å². The Morgan fingerprint density at radius 2 is 1.75 bits per heavy atom. The molecular weight excluding hydrogens is 387 g/mol. The molecule has 2 aromatic rings. The smallest absolute Gasteiger partial charge is 0.336 e. The summed E-state index contributed by atoms with van der Waals surface area (Å²) < 4.78 is 39.5. The summed E-state index contributed by atoms with van der Waals surface area (Å²) in [4.78, 5) is 21.0. The quantitative estimate of drug-likeness (QED) is 0.750. The normalized spacial score (nSPS) is 16.4. The summed E-state index contributed by atoms with van der Waals surface area (Å²) in [5, 5.41) is 3.14. The van der Waals surface area contributed by atoms with Crippen LogP contribution < -0.4 is 0 Å². The van der Waals surface area contributed by atoms with E-state index in [2.05, 4.69) is 36.0 Å². The summed E-state index contributed by atoms with van der Waals surface area (Å²) in [6, 6.07) is 4.98. The molecule has 0 N–H and O–H groups in total. The minimum atomic E-state index is -4.54. The molecule has 28 heavy (non-hydrogen) atoms. The van der Waals surface area contributed by atoms with E-state index < -0.39 is 17.6 Å². The van der Waals surface area contributed by atoms with Crippen molar-refractivity contribution in [3.63, 3.8) is 0 Å². The van der Waals surface area contributed by atoms with Crippen LogP contribution in [0.2, 0.25) is 0 Å². The molecule has 0 bridgehead atoms. The number of rotatable bonds is 3. The number of hydrogen-bond acceptors (Lipinski definition) is 4. The maximum absolute atomic E-state index is 13.2. The van der Waals surface area contributed by atoms with Crippen molar-refractivity contribution < 1.29 is 18.0 Å². The van der Waals surface area contributed by atoms with E-state index in [-0.39, 0.29) is 11.0 Å². The van der Waals surface area contributed by atoms with Gasteiger partial charge in [0.25, 0.3) is 5.91 Å². The van der Waals surface area contributed by atoms with Gasteiger partial charge in [-0.3, -0.25) is 9.69 Å². The van der Waals surface area contributed by atoms with Gasteiger partial charge in [-0.2, -0.15) is 13.2 Å². The Kier molecular flexibility index (Phi) is 5.82. The number of piperazine rings is 1. The second kappa shape index (κ2) is 7.83. The fourth-order valence-corrected chi connectivity index (χ4v) is 4.05. The highest BCUT2D eigenvalue weighted by Crippen LogP contribution is 2.32. The van der Waals surface area contributed by atoms with Crippen molar-refractivity contribution in [3.8, 4) is 0 Å². The first-order valence-electron chi connectivity index (χ1n) is 9.18. The number of amides is 1. The molecule has 2 heterocycles. The van der Waals surface area contributed by atoms with Gasteiger partial charge in [0, 0.05) is 43.5 Å². The highest BCUT2D eigenvalue weighted by atomic mass is 32.1. The molecule has 0 spiro atoms. The summed E-state index contributed by atoms with van der Waals surface area (Å²) in [7, 11) is 0. The molecule has 8 heteroatoms. The Hall–Kier alpha value is -1.93. The number of hydrogen-bond donors (Lipinski definition) is 0. The van der Waals surface area contributed by atoms with E-state index >= 15 is 0 Å². The molecule has 0 atom stereocenters. The fourth-order valence-electron chi connectivity index (χ4n) is 3.15. The summed E-state index contributed by atoms with van der Waals surface area (Å²) in [5.74, 6) is -0.559. The van der Waals surface area contributed by atoms with Crippen molar-refractivity contribution in [1.29, 1.82) is 0 Å². The zero-order chi connectivity index (χ0) is 20.5. The monoisotopic (exact) mass is 411 g/mol. The average molecular weight is 411 g/mol. The van der Waals surface area contributed by atoms with Crippen LogP contribution >= 0.6 is 11.3 Å². The van der Waals surface area contributed by atoms with Gasteiger partial charge < -0.3 is 4.90 Å². The second-order valence-corrected chi connectivity index (χ2v) is 8.86. The zero-order valence-corrected chi connectivity index (χ0v) is 17.0. The van der Waals surface area contributed by atoms with Crippen molar-refractivity contribution in [1.82, 2.24) is 14.8 Å². The van der Waals surface area contributed by atoms with Crippen LogP contribution in [0, 0.1) is 0 Å². The van der Waals surface area contributed by atoms with Crippen molar-refractivity contribution in [2.45, 2.75) is 38.9 Å². The molecule has 3 rings (SSSR count). The third-order valence-corrected chi connectivity index (χ3v) is 6.02. The Morgan fingerprint density at radius 3 is 2.32 bits per heavy atom. The van der Waals surface area contributed by atoms with Crippen LogP contribution in [0.1, 0.15) is 47.4 Å². The minimum Gasteiger partial charge on any atom is -0.336 e. The Morgan fingerprint density at radius 1 is 1.11 bits per heavy atom. The van der Waals surface area contributed by atoms with E-state index in [0.29, 0.717) is 32.7 Å². The van der Waals surface area contributed by atoms with Crippen LogP contribution in [-0.4, -0.2) is 46.9 Å². The Bertz CT molecular complexity index is 834. The van der Waals surface area contributed by atoms with Gasteiger partial charge in [0.15, 0.2) is 0 Å². The third kappa shape index (κ3) is 4.72. The topological polar surface area (TPSA) is 36.4 Å². The van der Waals surface area contributed by atoms with Gasteiger partial charge in [-0.1, -0.05) is 32.9 Å². The predicted octanol–water partition coefficient (Wildman–Crippen LogP) is 4.42. The molecule has 1 saturated heterocycles. The lowest BCUT2D eigenvalue weighted by atomic mass is 9.98. The molecule has 1 fully saturated rings. The molecule has 1 aromatic carbocycles. The van der Waals surface area contributed by atoms with E-state index in [1.165, 1.54) is 23.1 Å². The lowest BCUT2D eigenvalue weighted by Gasteiger charge is -2.34. The Labute approximate surface area is 167 Å². The van der Waals surface area contributed by atoms with E-state index in [9.17, 15) is 18.0 Å². The van der Waals surface area contributed by atoms with E-state index in [1.54, 1.807) is 11.3 Å². The number of halogens is 3. The molecule has 0 radical (unpaired) electrons. The van der Waals surface area contributed by atoms with E-state index in [1.807, 2.05) is 0 Å². The number of nitrogens with zero attached hydrogens (tertiary/aromatic N) is 3. The first-order chi connectivity index (χ1) is 13.1. The number of alkyl halides is 3. The summed E-state index contributed by atoms with van der Waals surface area (Å²) in [6.07, 6.45) is -4.54. The van der Waals surface area contributed by atoms with Crippen LogP contribution in [-0.2, 0) is 18.1 Å². The molecule has 1 aliphatic heterocycles. The van der Waals surface area contributed by atoms with Crippen molar-refractivity contribution in [3.05, 3.63) is 51.5 Å². The Balaban J connectivity index is 1.61. The van der Waals surface area contributed by atoms with Crippen LogP contribution in [0.5, 0.6) is 0 Å². The first kappa shape index (κ1) is 20.8. The molecule has 152 valence electrons. The molecule has 1 aromatic heterocycles. The molecule has 1 amide bonds. The first-order valence-corrected chi connectivity index (χ1v) is 10.1. The molecule has 1 aliphatic rings. The van der Waals surface area contributed by atoms with Crippen LogP contribution in [0.25, 0.3) is 0 Å². The molecule has 0 unspecified atom stereocenters. The molecule has 0 saturated carbocycles. The summed E-state index contributed by atoms with van der Waals surface area (Å²) in [6.45, 7) is 9.09. The predicted molar refractivity (Wildman–Crippen MR) is 103 cm³/mol. The van der Waals surface area contributed by atoms with Crippen LogP contribution in [0.4, 0.5) is 13.2 Å². The number of thiazole rings is 1. The maximum Gasteiger partial charge on any atom is 0.417 e. The minimum absolute atomic E-state index is 0.0138. The molecular formula is C20H24F3N3OS. The third-order valence-electron chi connectivity index (χ3n) is 4.70. The molecule has 0 aliphatic carbocycles. The maximum atomic E-state index is 13.2. The number of carbonyl (C=O) groups is 1. The summed E-state index contributed by atoms with van der Waals surface area (Å²) in [5.41, 5.74) is -0.144. The average Bonchev–Trinajstić information content (AvgIpc) is 3.10. The van der Waals surface area contributed by atoms with Gasteiger partial charge in [-0.05, 0) is 12.1 Å². The van der Waals surface area contributed by atoms with Crippen molar-refractivity contribution >= 4 is 17.2 Å².